The molecule has 0 atom stereocenters. The Balaban J connectivity index is 1.93. The molecule has 0 saturated heterocycles. The quantitative estimate of drug-likeness (QED) is 0.306. The maximum absolute atomic E-state index is 11.9. The Morgan fingerprint density at radius 1 is 1.11 bits per heavy atom. The number of anilines is 1. The second-order valence-corrected chi connectivity index (χ2v) is 6.25. The highest BCUT2D eigenvalue weighted by Crippen LogP contribution is 2.21. The number of benzene rings is 2. The van der Waals surface area contributed by atoms with Gasteiger partial charge in [0.1, 0.15) is 5.75 Å². The van der Waals surface area contributed by atoms with Crippen molar-refractivity contribution in [2.45, 2.75) is 6.92 Å². The average molecular weight is 448 g/mol. The molecule has 2 N–H and O–H groups in total. The number of halogens is 1. The second kappa shape index (κ2) is 10.2. The van der Waals surface area contributed by atoms with Crippen LogP contribution < -0.4 is 15.5 Å². The van der Waals surface area contributed by atoms with Crippen molar-refractivity contribution in [2.24, 2.45) is 5.10 Å². The van der Waals surface area contributed by atoms with Crippen LogP contribution in [-0.2, 0) is 14.3 Å². The molecule has 2 rings (SSSR count). The zero-order chi connectivity index (χ0) is 20.5. The summed E-state index contributed by atoms with van der Waals surface area (Å²) >= 11 is 3.33. The van der Waals surface area contributed by atoms with E-state index < -0.39 is 17.8 Å². The number of nitrogens with zero attached hydrogens (tertiary/aromatic N) is 1. The van der Waals surface area contributed by atoms with Gasteiger partial charge in [-0.05, 0) is 49.4 Å². The summed E-state index contributed by atoms with van der Waals surface area (Å²) in [6, 6.07) is 11.3. The van der Waals surface area contributed by atoms with Crippen LogP contribution in [0.3, 0.4) is 0 Å². The van der Waals surface area contributed by atoms with Crippen molar-refractivity contribution in [3.8, 4) is 5.75 Å². The van der Waals surface area contributed by atoms with Gasteiger partial charge in [-0.3, -0.25) is 9.59 Å². The lowest BCUT2D eigenvalue weighted by atomic mass is 10.2. The molecule has 2 aromatic carbocycles. The molecule has 28 heavy (non-hydrogen) atoms. The number of amides is 2. The van der Waals surface area contributed by atoms with Crippen molar-refractivity contribution in [1.29, 1.82) is 0 Å². The largest absolute Gasteiger partial charge is 0.496 e. The average Bonchev–Trinajstić information content (AvgIpc) is 2.68. The number of ether oxygens (including phenoxy) is 2. The zero-order valence-electron chi connectivity index (χ0n) is 15.2. The van der Waals surface area contributed by atoms with E-state index in [2.05, 4.69) is 31.8 Å². The third-order valence-electron chi connectivity index (χ3n) is 3.42. The Labute approximate surface area is 170 Å². The summed E-state index contributed by atoms with van der Waals surface area (Å²) in [6.07, 6.45) is 1.36. The lowest BCUT2D eigenvalue weighted by Crippen LogP contribution is -2.32. The van der Waals surface area contributed by atoms with Gasteiger partial charge in [-0.1, -0.05) is 15.9 Å². The molecule has 9 heteroatoms. The fourth-order valence-corrected chi connectivity index (χ4v) is 2.49. The Hall–Kier alpha value is -3.20. The highest BCUT2D eigenvalue weighted by atomic mass is 79.9. The van der Waals surface area contributed by atoms with Crippen LogP contribution in [0.2, 0.25) is 0 Å². The van der Waals surface area contributed by atoms with Gasteiger partial charge in [-0.15, -0.1) is 0 Å². The first-order valence-electron chi connectivity index (χ1n) is 8.19. The molecule has 0 unspecified atom stereocenters. The first-order valence-corrected chi connectivity index (χ1v) is 8.99. The highest BCUT2D eigenvalue weighted by Gasteiger charge is 2.13. The summed E-state index contributed by atoms with van der Waals surface area (Å²) in [5.74, 6) is -1.75. The molecule has 0 spiro atoms. The molecule has 0 fully saturated rings. The van der Waals surface area contributed by atoms with Crippen molar-refractivity contribution in [3.63, 3.8) is 0 Å². The number of carbonyl (C=O) groups is 3. The normalized spacial score (nSPS) is 10.4. The number of carbonyl (C=O) groups excluding carboxylic acids is 3. The maximum Gasteiger partial charge on any atom is 0.338 e. The summed E-state index contributed by atoms with van der Waals surface area (Å²) < 4.78 is 10.9. The minimum atomic E-state index is -0.945. The van der Waals surface area contributed by atoms with Gasteiger partial charge in [0.25, 0.3) is 0 Å². The molecule has 0 heterocycles. The molecular weight excluding hydrogens is 430 g/mol. The summed E-state index contributed by atoms with van der Waals surface area (Å²) in [5.41, 5.74) is 3.46. The van der Waals surface area contributed by atoms with E-state index in [1.165, 1.54) is 37.6 Å². The number of methoxy groups -OCH3 is 1. The number of nitrogens with one attached hydrogen (secondary N) is 2. The van der Waals surface area contributed by atoms with E-state index in [4.69, 9.17) is 9.47 Å². The Kier molecular flexibility index (Phi) is 7.70. The van der Waals surface area contributed by atoms with Crippen LogP contribution in [0, 0.1) is 0 Å². The first-order chi connectivity index (χ1) is 13.4. The van der Waals surface area contributed by atoms with Crippen LogP contribution in [0.15, 0.2) is 52.0 Å². The van der Waals surface area contributed by atoms with Crippen molar-refractivity contribution in [3.05, 3.63) is 58.1 Å². The van der Waals surface area contributed by atoms with Gasteiger partial charge in [0.05, 0.1) is 25.5 Å². The van der Waals surface area contributed by atoms with Crippen LogP contribution in [0.25, 0.3) is 0 Å². The van der Waals surface area contributed by atoms with E-state index in [9.17, 15) is 14.4 Å². The van der Waals surface area contributed by atoms with E-state index in [1.54, 1.807) is 25.1 Å². The number of rotatable bonds is 6. The smallest absolute Gasteiger partial charge is 0.338 e. The molecule has 2 amide bonds. The Bertz CT molecular complexity index is 897. The van der Waals surface area contributed by atoms with E-state index >= 15 is 0 Å². The lowest BCUT2D eigenvalue weighted by Gasteiger charge is -2.06. The third-order valence-corrected chi connectivity index (χ3v) is 3.91. The van der Waals surface area contributed by atoms with Gasteiger partial charge in [0.2, 0.25) is 0 Å². The predicted molar refractivity (Wildman–Crippen MR) is 107 cm³/mol. The molecule has 0 aliphatic carbocycles. The van der Waals surface area contributed by atoms with Crippen molar-refractivity contribution >= 4 is 45.6 Å². The Morgan fingerprint density at radius 3 is 2.46 bits per heavy atom. The van der Waals surface area contributed by atoms with E-state index in [0.29, 0.717) is 22.6 Å². The molecule has 0 aromatic heterocycles. The molecule has 0 radical (unpaired) electrons. The lowest BCUT2D eigenvalue weighted by molar-refractivity contribution is -0.136. The molecule has 146 valence electrons. The Morgan fingerprint density at radius 2 is 1.82 bits per heavy atom. The second-order valence-electron chi connectivity index (χ2n) is 5.34. The van der Waals surface area contributed by atoms with Gasteiger partial charge in [-0.2, -0.15) is 5.10 Å². The molecule has 0 aliphatic heterocycles. The molecule has 0 bridgehead atoms. The number of hydrogen-bond acceptors (Lipinski definition) is 6. The zero-order valence-corrected chi connectivity index (χ0v) is 16.8. The van der Waals surface area contributed by atoms with E-state index in [1.807, 2.05) is 0 Å². The summed E-state index contributed by atoms with van der Waals surface area (Å²) in [7, 11) is 1.51. The first kappa shape index (κ1) is 21.1. The molecule has 2 aromatic rings. The van der Waals surface area contributed by atoms with Gasteiger partial charge >= 0.3 is 17.8 Å². The fourth-order valence-electron chi connectivity index (χ4n) is 2.11. The van der Waals surface area contributed by atoms with Crippen LogP contribution in [-0.4, -0.2) is 37.7 Å². The van der Waals surface area contributed by atoms with Crippen LogP contribution in [0.5, 0.6) is 5.75 Å². The van der Waals surface area contributed by atoms with Gasteiger partial charge in [-0.25, -0.2) is 10.2 Å². The van der Waals surface area contributed by atoms with Crippen molar-refractivity contribution < 1.29 is 23.9 Å². The monoisotopic (exact) mass is 447 g/mol. The summed E-state index contributed by atoms with van der Waals surface area (Å²) in [6.45, 7) is 1.98. The van der Waals surface area contributed by atoms with E-state index in [-0.39, 0.29) is 6.61 Å². The number of esters is 1. The summed E-state index contributed by atoms with van der Waals surface area (Å²) in [5, 5.41) is 6.18. The van der Waals surface area contributed by atoms with Crippen molar-refractivity contribution in [2.75, 3.05) is 19.0 Å². The standard InChI is InChI=1S/C19H18BrN3O5/c1-3-28-19(26)12-4-7-15(8-5-12)22-17(24)18(25)23-21-11-13-10-14(20)6-9-16(13)27-2/h4-11H,3H2,1-2H3,(H,22,24)(H,23,25). The number of hydrogen-bond donors (Lipinski definition) is 2. The SMILES string of the molecule is CCOC(=O)c1ccc(NC(=O)C(=O)NN=Cc2cc(Br)ccc2OC)cc1. The van der Waals surface area contributed by atoms with Crippen LogP contribution >= 0.6 is 15.9 Å². The van der Waals surface area contributed by atoms with Crippen molar-refractivity contribution in [1.82, 2.24) is 5.43 Å². The van der Waals surface area contributed by atoms with Gasteiger partial charge < -0.3 is 14.8 Å². The van der Waals surface area contributed by atoms with E-state index in [0.717, 1.165) is 4.47 Å². The van der Waals surface area contributed by atoms with Crippen LogP contribution in [0.1, 0.15) is 22.8 Å². The molecule has 8 nitrogen and oxygen atoms in total. The van der Waals surface area contributed by atoms with Gasteiger partial charge in [0, 0.05) is 15.7 Å². The molecular formula is C19H18BrN3O5. The maximum atomic E-state index is 11.9. The minimum Gasteiger partial charge on any atom is -0.496 e. The highest BCUT2D eigenvalue weighted by molar-refractivity contribution is 9.10. The minimum absolute atomic E-state index is 0.268. The molecule has 0 saturated carbocycles. The van der Waals surface area contributed by atoms with Gasteiger partial charge in [0.15, 0.2) is 0 Å². The fraction of sp³-hybridized carbons (Fsp3) is 0.158. The summed E-state index contributed by atoms with van der Waals surface area (Å²) in [4.78, 5) is 35.4. The predicted octanol–water partition coefficient (Wildman–Crippen LogP) is 2.72. The molecule has 0 aliphatic rings. The van der Waals surface area contributed by atoms with Crippen LogP contribution in [0.4, 0.5) is 5.69 Å². The number of hydrazone groups is 1. The topological polar surface area (TPSA) is 106 Å². The third kappa shape index (κ3) is 5.92.